The van der Waals surface area contributed by atoms with Crippen LogP contribution < -0.4 is 11.2 Å². The molecule has 2 aromatic heterocycles. The van der Waals surface area contributed by atoms with Gasteiger partial charge >= 0.3 is 5.69 Å². The Morgan fingerprint density at radius 3 is 2.43 bits per heavy atom. The number of nitrogens with zero attached hydrogens (tertiary/aromatic N) is 4. The molecule has 0 bridgehead atoms. The second kappa shape index (κ2) is 9.21. The molecule has 0 aliphatic heterocycles. The molecule has 8 heteroatoms. The van der Waals surface area contributed by atoms with Crippen molar-refractivity contribution < 1.29 is 4.79 Å². The van der Waals surface area contributed by atoms with Gasteiger partial charge in [-0.2, -0.15) is 0 Å². The average molecular weight is 392 g/mol. The fourth-order valence-corrected chi connectivity index (χ4v) is 3.18. The van der Waals surface area contributed by atoms with Gasteiger partial charge in [-0.1, -0.05) is 27.2 Å². The summed E-state index contributed by atoms with van der Waals surface area (Å²) in [7, 11) is 1.79. The lowest BCUT2D eigenvalue weighted by Crippen LogP contribution is -2.33. The number of rotatable bonds is 9. The quantitative estimate of drug-likeness (QED) is 0.709. The average Bonchev–Trinajstić information content (AvgIpc) is 2.96. The van der Waals surface area contributed by atoms with Crippen molar-refractivity contribution in [2.45, 2.75) is 79.4 Å². The summed E-state index contributed by atoms with van der Waals surface area (Å²) in [6.45, 7) is 11.2. The van der Waals surface area contributed by atoms with E-state index < -0.39 is 11.2 Å². The number of unbranched alkanes of at least 4 members (excludes halogenated alkanes) is 1. The number of aromatic nitrogens is 4. The minimum atomic E-state index is -0.428. The SMILES string of the molecule is CCCCn1c(=O)[nH]c(=O)c2c1nc(CCC(=O)N(C)C(C)C)n2CC(C)C. The number of amides is 1. The zero-order valence-electron chi connectivity index (χ0n) is 17.9. The zero-order valence-corrected chi connectivity index (χ0v) is 17.9. The summed E-state index contributed by atoms with van der Waals surface area (Å²) in [5.74, 6) is 1.01. The van der Waals surface area contributed by atoms with Crippen LogP contribution in [0.3, 0.4) is 0 Å². The van der Waals surface area contributed by atoms with Crippen LogP contribution in [0.1, 0.15) is 59.7 Å². The van der Waals surface area contributed by atoms with Crippen LogP contribution in [0.25, 0.3) is 11.2 Å². The van der Waals surface area contributed by atoms with Crippen LogP contribution in [-0.2, 0) is 24.3 Å². The van der Waals surface area contributed by atoms with Gasteiger partial charge in [-0.25, -0.2) is 9.78 Å². The number of aromatic amines is 1. The van der Waals surface area contributed by atoms with Crippen LogP contribution in [0.2, 0.25) is 0 Å². The van der Waals surface area contributed by atoms with Crippen LogP contribution in [0.4, 0.5) is 0 Å². The van der Waals surface area contributed by atoms with E-state index >= 15 is 0 Å². The fraction of sp³-hybridized carbons (Fsp3) is 0.700. The van der Waals surface area contributed by atoms with E-state index in [2.05, 4.69) is 23.8 Å². The van der Waals surface area contributed by atoms with E-state index in [1.165, 1.54) is 0 Å². The van der Waals surface area contributed by atoms with Gasteiger partial charge in [0.25, 0.3) is 5.56 Å². The van der Waals surface area contributed by atoms with E-state index in [1.54, 1.807) is 16.5 Å². The van der Waals surface area contributed by atoms with Gasteiger partial charge in [-0.05, 0) is 26.2 Å². The lowest BCUT2D eigenvalue weighted by atomic mass is 10.2. The van der Waals surface area contributed by atoms with Crippen molar-refractivity contribution in [3.63, 3.8) is 0 Å². The number of aryl methyl sites for hydroxylation is 2. The Kier molecular flexibility index (Phi) is 7.21. The number of fused-ring (bicyclic) bond motifs is 1. The van der Waals surface area contributed by atoms with Gasteiger partial charge in [0.2, 0.25) is 5.91 Å². The first-order valence-corrected chi connectivity index (χ1v) is 10.1. The number of hydrogen-bond donors (Lipinski definition) is 1. The standard InChI is InChI=1S/C20H33N5O3/c1-7-8-11-24-18-17(19(27)22-20(24)28)25(12-13(2)3)15(21-18)9-10-16(26)23(6)14(4)5/h13-14H,7-12H2,1-6H3,(H,22,27,28). The largest absolute Gasteiger partial charge is 0.343 e. The van der Waals surface area contributed by atoms with Gasteiger partial charge in [0.15, 0.2) is 11.2 Å². The highest BCUT2D eigenvalue weighted by molar-refractivity contribution is 5.76. The van der Waals surface area contributed by atoms with E-state index in [4.69, 9.17) is 0 Å². The van der Waals surface area contributed by atoms with Crippen LogP contribution in [0.5, 0.6) is 0 Å². The number of imidazole rings is 1. The number of carbonyl (C=O) groups is 1. The molecule has 28 heavy (non-hydrogen) atoms. The fourth-order valence-electron chi connectivity index (χ4n) is 3.18. The number of carbonyl (C=O) groups excluding carboxylic acids is 1. The third-order valence-electron chi connectivity index (χ3n) is 4.98. The Morgan fingerprint density at radius 1 is 1.18 bits per heavy atom. The Balaban J connectivity index is 2.52. The second-order valence-corrected chi connectivity index (χ2v) is 8.07. The summed E-state index contributed by atoms with van der Waals surface area (Å²) >= 11 is 0. The van der Waals surface area contributed by atoms with Crippen molar-refractivity contribution in [3.05, 3.63) is 26.7 Å². The monoisotopic (exact) mass is 391 g/mol. The molecule has 0 radical (unpaired) electrons. The normalized spacial score (nSPS) is 11.7. The third-order valence-corrected chi connectivity index (χ3v) is 4.98. The van der Waals surface area contributed by atoms with Crippen LogP contribution in [-0.4, -0.2) is 43.0 Å². The second-order valence-electron chi connectivity index (χ2n) is 8.07. The molecule has 1 amide bonds. The highest BCUT2D eigenvalue weighted by Gasteiger charge is 2.20. The predicted molar refractivity (Wildman–Crippen MR) is 111 cm³/mol. The number of H-pyrrole nitrogens is 1. The van der Waals surface area contributed by atoms with Crippen molar-refractivity contribution in [3.8, 4) is 0 Å². The number of hydrogen-bond acceptors (Lipinski definition) is 4. The summed E-state index contributed by atoms with van der Waals surface area (Å²) in [5, 5.41) is 0. The maximum atomic E-state index is 12.6. The maximum absolute atomic E-state index is 12.6. The first-order valence-electron chi connectivity index (χ1n) is 10.1. The molecule has 0 aromatic carbocycles. The maximum Gasteiger partial charge on any atom is 0.330 e. The Bertz CT molecular complexity index is 936. The highest BCUT2D eigenvalue weighted by atomic mass is 16.2. The molecule has 156 valence electrons. The van der Waals surface area contributed by atoms with Crippen molar-refractivity contribution >= 4 is 17.1 Å². The van der Waals surface area contributed by atoms with Gasteiger partial charge < -0.3 is 9.47 Å². The van der Waals surface area contributed by atoms with Gasteiger partial charge in [0, 0.05) is 39.0 Å². The zero-order chi connectivity index (χ0) is 21.0. The molecule has 0 spiro atoms. The minimum Gasteiger partial charge on any atom is -0.343 e. The summed E-state index contributed by atoms with van der Waals surface area (Å²) < 4.78 is 3.42. The molecular formula is C20H33N5O3. The lowest BCUT2D eigenvalue weighted by molar-refractivity contribution is -0.131. The molecule has 2 rings (SSSR count). The van der Waals surface area contributed by atoms with E-state index in [9.17, 15) is 14.4 Å². The Morgan fingerprint density at radius 2 is 1.86 bits per heavy atom. The molecule has 0 saturated carbocycles. The lowest BCUT2D eigenvalue weighted by Gasteiger charge is -2.21. The third kappa shape index (κ3) is 4.72. The van der Waals surface area contributed by atoms with Crippen molar-refractivity contribution in [2.24, 2.45) is 5.92 Å². The Hall–Kier alpha value is -2.38. The predicted octanol–water partition coefficient (Wildman–Crippen LogP) is 2.14. The molecule has 0 fully saturated rings. The molecule has 0 saturated heterocycles. The molecule has 1 N–H and O–H groups in total. The van der Waals surface area contributed by atoms with Crippen LogP contribution in [0.15, 0.2) is 9.59 Å². The van der Waals surface area contributed by atoms with Crippen molar-refractivity contribution in [1.29, 1.82) is 0 Å². The molecule has 0 unspecified atom stereocenters. The molecule has 8 nitrogen and oxygen atoms in total. The summed E-state index contributed by atoms with van der Waals surface area (Å²) in [6, 6.07) is 0.129. The van der Waals surface area contributed by atoms with Gasteiger partial charge in [0.1, 0.15) is 5.82 Å². The molecular weight excluding hydrogens is 358 g/mol. The molecule has 2 heterocycles. The van der Waals surface area contributed by atoms with E-state index in [0.29, 0.717) is 48.8 Å². The number of nitrogens with one attached hydrogen (secondary N) is 1. The summed E-state index contributed by atoms with van der Waals surface area (Å²) in [4.78, 5) is 46.1. The van der Waals surface area contributed by atoms with Gasteiger partial charge in [0.05, 0.1) is 0 Å². The van der Waals surface area contributed by atoms with E-state index in [0.717, 1.165) is 12.8 Å². The van der Waals surface area contributed by atoms with Crippen LogP contribution >= 0.6 is 0 Å². The Labute approximate surface area is 165 Å². The first-order chi connectivity index (χ1) is 13.2. The minimum absolute atomic E-state index is 0.0374. The van der Waals surface area contributed by atoms with E-state index in [1.807, 2.05) is 25.3 Å². The molecule has 0 aliphatic carbocycles. The smallest absolute Gasteiger partial charge is 0.330 e. The highest BCUT2D eigenvalue weighted by Crippen LogP contribution is 2.16. The van der Waals surface area contributed by atoms with Crippen molar-refractivity contribution in [1.82, 2.24) is 24.0 Å². The van der Waals surface area contributed by atoms with E-state index in [-0.39, 0.29) is 11.9 Å². The molecule has 0 aliphatic rings. The first kappa shape index (κ1) is 21.9. The van der Waals surface area contributed by atoms with Crippen LogP contribution in [0, 0.1) is 5.92 Å². The van der Waals surface area contributed by atoms with Gasteiger partial charge in [-0.15, -0.1) is 0 Å². The topological polar surface area (TPSA) is 93.0 Å². The summed E-state index contributed by atoms with van der Waals surface area (Å²) in [5.41, 5.74) is -0.00772. The van der Waals surface area contributed by atoms with Gasteiger partial charge in [-0.3, -0.25) is 19.1 Å². The molecule has 2 aromatic rings. The van der Waals surface area contributed by atoms with Crippen molar-refractivity contribution in [2.75, 3.05) is 7.05 Å². The summed E-state index contributed by atoms with van der Waals surface area (Å²) in [6.07, 6.45) is 2.50. The molecule has 0 atom stereocenters.